The highest BCUT2D eigenvalue weighted by Gasteiger charge is 1.79. The van der Waals surface area contributed by atoms with Crippen LogP contribution in [-0.2, 0) is 0 Å². The second-order valence-corrected chi connectivity index (χ2v) is 1.10. The fourth-order valence-electron chi connectivity index (χ4n) is 0.307. The molecular formula is C5H3FN. The lowest BCUT2D eigenvalue weighted by Crippen LogP contribution is -1.72. The van der Waals surface area contributed by atoms with Crippen LogP contribution < -0.4 is 0 Å². The minimum absolute atomic E-state index is 0.414. The average Bonchev–Trinajstić information content (AvgIpc) is 1.69. The SMILES string of the molecule is Fc1[c]nccc1. The van der Waals surface area contributed by atoms with Gasteiger partial charge in [0.15, 0.2) is 5.82 Å². The quantitative estimate of drug-likeness (QED) is 0.470. The normalized spacial score (nSPS) is 8.71. The average molecular weight is 96.1 g/mol. The van der Waals surface area contributed by atoms with E-state index in [0.29, 0.717) is 0 Å². The van der Waals surface area contributed by atoms with Gasteiger partial charge in [-0.15, -0.1) is 0 Å². The topological polar surface area (TPSA) is 12.9 Å². The number of rotatable bonds is 0. The van der Waals surface area contributed by atoms with Crippen molar-refractivity contribution in [2.45, 2.75) is 0 Å². The number of hydrogen-bond acceptors (Lipinski definition) is 1. The third-order valence-corrected chi connectivity index (χ3v) is 0.575. The summed E-state index contributed by atoms with van der Waals surface area (Å²) in [7, 11) is 0. The van der Waals surface area contributed by atoms with Crippen LogP contribution in [0.1, 0.15) is 0 Å². The van der Waals surface area contributed by atoms with E-state index in [2.05, 4.69) is 11.2 Å². The molecule has 0 amide bonds. The maximum Gasteiger partial charge on any atom is 0.151 e. The van der Waals surface area contributed by atoms with Gasteiger partial charge in [-0.25, -0.2) is 4.39 Å². The molecule has 7 heavy (non-hydrogen) atoms. The van der Waals surface area contributed by atoms with Crippen LogP contribution in [0.4, 0.5) is 4.39 Å². The minimum atomic E-state index is -0.414. The molecule has 1 heterocycles. The summed E-state index contributed by atoms with van der Waals surface area (Å²) in [4.78, 5) is 3.38. The van der Waals surface area contributed by atoms with Crippen LogP contribution in [-0.4, -0.2) is 4.98 Å². The molecule has 0 aliphatic heterocycles. The van der Waals surface area contributed by atoms with Crippen molar-refractivity contribution in [3.63, 3.8) is 0 Å². The van der Waals surface area contributed by atoms with Crippen LogP contribution in [0.15, 0.2) is 18.3 Å². The van der Waals surface area contributed by atoms with Gasteiger partial charge in [0.25, 0.3) is 0 Å². The molecule has 1 nitrogen and oxygen atoms in total. The lowest BCUT2D eigenvalue weighted by Gasteiger charge is -1.76. The first-order valence-corrected chi connectivity index (χ1v) is 1.88. The fourth-order valence-corrected chi connectivity index (χ4v) is 0.307. The van der Waals surface area contributed by atoms with Crippen molar-refractivity contribution >= 4 is 0 Å². The Kier molecular flexibility index (Phi) is 1.02. The van der Waals surface area contributed by atoms with E-state index in [1.165, 1.54) is 18.3 Å². The maximum absolute atomic E-state index is 11.8. The highest BCUT2D eigenvalue weighted by Crippen LogP contribution is 1.86. The zero-order valence-electron chi connectivity index (χ0n) is 3.56. The van der Waals surface area contributed by atoms with Gasteiger partial charge < -0.3 is 0 Å². The van der Waals surface area contributed by atoms with Crippen LogP contribution in [0.3, 0.4) is 0 Å². The summed E-state index contributed by atoms with van der Waals surface area (Å²) in [6, 6.07) is 2.82. The smallest absolute Gasteiger partial charge is 0.151 e. The lowest BCUT2D eigenvalue weighted by molar-refractivity contribution is 0.618. The summed E-state index contributed by atoms with van der Waals surface area (Å²) < 4.78 is 11.8. The van der Waals surface area contributed by atoms with Gasteiger partial charge in [-0.1, -0.05) is 0 Å². The Morgan fingerprint density at radius 3 is 2.86 bits per heavy atom. The molecule has 1 radical (unpaired) electrons. The van der Waals surface area contributed by atoms with E-state index in [1.54, 1.807) is 0 Å². The molecule has 0 unspecified atom stereocenters. The van der Waals surface area contributed by atoms with Crippen molar-refractivity contribution in [2.75, 3.05) is 0 Å². The number of pyridine rings is 1. The van der Waals surface area contributed by atoms with Gasteiger partial charge in [0, 0.05) is 6.20 Å². The Balaban J connectivity index is 3.02. The molecule has 0 aromatic carbocycles. The zero-order valence-corrected chi connectivity index (χ0v) is 3.56. The number of aromatic nitrogens is 1. The first kappa shape index (κ1) is 4.24. The van der Waals surface area contributed by atoms with Crippen LogP contribution in [0.2, 0.25) is 0 Å². The Morgan fingerprint density at radius 2 is 2.57 bits per heavy atom. The molecule has 0 atom stereocenters. The number of nitrogens with zero attached hydrogens (tertiary/aromatic N) is 1. The molecule has 35 valence electrons. The Hall–Kier alpha value is -0.920. The highest BCUT2D eigenvalue weighted by atomic mass is 19.1. The molecule has 0 spiro atoms. The van der Waals surface area contributed by atoms with Gasteiger partial charge in [-0.2, -0.15) is 0 Å². The van der Waals surface area contributed by atoms with Gasteiger partial charge in [-0.3, -0.25) is 4.98 Å². The standard InChI is InChI=1S/C5H3FN/c6-5-2-1-3-7-4-5/h1-3H. The minimum Gasteiger partial charge on any atom is -0.251 e. The largest absolute Gasteiger partial charge is 0.251 e. The molecule has 1 aromatic rings. The van der Waals surface area contributed by atoms with Crippen molar-refractivity contribution in [3.05, 3.63) is 30.3 Å². The summed E-state index contributed by atoms with van der Waals surface area (Å²) >= 11 is 0. The molecule has 0 saturated carbocycles. The molecule has 2 heteroatoms. The number of hydrogen-bond donors (Lipinski definition) is 0. The molecule has 1 rings (SSSR count). The first-order chi connectivity index (χ1) is 3.39. The van der Waals surface area contributed by atoms with E-state index in [0.717, 1.165) is 0 Å². The second kappa shape index (κ2) is 1.69. The van der Waals surface area contributed by atoms with E-state index in [-0.39, 0.29) is 0 Å². The summed E-state index contributed by atoms with van der Waals surface area (Å²) in [6.45, 7) is 0. The van der Waals surface area contributed by atoms with Gasteiger partial charge in [0.2, 0.25) is 0 Å². The van der Waals surface area contributed by atoms with Crippen molar-refractivity contribution in [1.29, 1.82) is 0 Å². The van der Waals surface area contributed by atoms with E-state index >= 15 is 0 Å². The zero-order chi connectivity index (χ0) is 5.11. The van der Waals surface area contributed by atoms with Crippen LogP contribution in [0, 0.1) is 12.0 Å². The third-order valence-electron chi connectivity index (χ3n) is 0.575. The van der Waals surface area contributed by atoms with E-state index in [4.69, 9.17) is 0 Å². The lowest BCUT2D eigenvalue weighted by atomic mass is 10.5. The van der Waals surface area contributed by atoms with Gasteiger partial charge >= 0.3 is 0 Å². The maximum atomic E-state index is 11.8. The summed E-state index contributed by atoms with van der Waals surface area (Å²) in [5, 5.41) is 0. The van der Waals surface area contributed by atoms with E-state index in [9.17, 15) is 4.39 Å². The van der Waals surface area contributed by atoms with Crippen molar-refractivity contribution < 1.29 is 4.39 Å². The molecule has 0 saturated heterocycles. The van der Waals surface area contributed by atoms with Crippen LogP contribution >= 0.6 is 0 Å². The molecule has 1 aromatic heterocycles. The monoisotopic (exact) mass is 96.0 g/mol. The fraction of sp³-hybridized carbons (Fsp3) is 0. The number of halogens is 1. The molecule has 0 fully saturated rings. The third kappa shape index (κ3) is 0.961. The van der Waals surface area contributed by atoms with Gasteiger partial charge in [0.1, 0.15) is 6.20 Å². The predicted octanol–water partition coefficient (Wildman–Crippen LogP) is 1.02. The molecular weight excluding hydrogens is 93.1 g/mol. The highest BCUT2D eigenvalue weighted by molar-refractivity contribution is 4.90. The van der Waals surface area contributed by atoms with E-state index in [1.807, 2.05) is 0 Å². The molecule has 0 aliphatic rings. The first-order valence-electron chi connectivity index (χ1n) is 1.88. The van der Waals surface area contributed by atoms with Crippen LogP contribution in [0.5, 0.6) is 0 Å². The molecule has 0 bridgehead atoms. The van der Waals surface area contributed by atoms with Crippen molar-refractivity contribution in [1.82, 2.24) is 4.98 Å². The Morgan fingerprint density at radius 1 is 1.71 bits per heavy atom. The summed E-state index contributed by atoms with van der Waals surface area (Å²) in [5.41, 5.74) is 0. The second-order valence-electron chi connectivity index (χ2n) is 1.10. The van der Waals surface area contributed by atoms with Crippen LogP contribution in [0.25, 0.3) is 0 Å². The summed E-state index contributed by atoms with van der Waals surface area (Å²) in [6.07, 6.45) is 3.59. The van der Waals surface area contributed by atoms with E-state index < -0.39 is 5.82 Å². The predicted molar refractivity (Wildman–Crippen MR) is 23.0 cm³/mol. The van der Waals surface area contributed by atoms with Gasteiger partial charge in [-0.05, 0) is 12.1 Å². The summed E-state index contributed by atoms with van der Waals surface area (Å²) in [5.74, 6) is -0.414. The van der Waals surface area contributed by atoms with Crippen molar-refractivity contribution in [3.8, 4) is 0 Å². The molecule has 0 aliphatic carbocycles. The molecule has 0 N–H and O–H groups in total. The Labute approximate surface area is 40.8 Å². The van der Waals surface area contributed by atoms with Crippen molar-refractivity contribution in [2.24, 2.45) is 0 Å². The van der Waals surface area contributed by atoms with Gasteiger partial charge in [0.05, 0.1) is 0 Å². The Bertz CT molecular complexity index is 138.